The summed E-state index contributed by atoms with van der Waals surface area (Å²) < 4.78 is 26.2. The number of benzene rings is 2. The third-order valence-corrected chi connectivity index (χ3v) is 3.55. The van der Waals surface area contributed by atoms with Crippen LogP contribution < -0.4 is 5.43 Å². The van der Waals surface area contributed by atoms with Gasteiger partial charge in [-0.1, -0.05) is 35.9 Å². The molecule has 24 heavy (non-hydrogen) atoms. The second-order valence-electron chi connectivity index (χ2n) is 4.87. The molecular weight excluding hydrogens is 336 g/mol. The van der Waals surface area contributed by atoms with Gasteiger partial charge in [-0.25, -0.2) is 19.2 Å². The van der Waals surface area contributed by atoms with Crippen molar-refractivity contribution in [1.29, 1.82) is 0 Å². The number of rotatable bonds is 3. The van der Waals surface area contributed by atoms with Crippen molar-refractivity contribution in [2.24, 2.45) is 5.10 Å². The number of nitrogens with zero attached hydrogens (tertiary/aromatic N) is 2. The Balaban J connectivity index is 1.75. The number of para-hydroxylation sites is 1. The summed E-state index contributed by atoms with van der Waals surface area (Å²) in [5.41, 5.74) is 3.31. The Morgan fingerprint density at radius 3 is 2.71 bits per heavy atom. The molecule has 4 nitrogen and oxygen atoms in total. The number of hydrazone groups is 1. The Hall–Kier alpha value is -2.86. The summed E-state index contributed by atoms with van der Waals surface area (Å²) in [5.74, 6) is -3.04. The fourth-order valence-corrected chi connectivity index (χ4v) is 2.30. The van der Waals surface area contributed by atoms with Crippen molar-refractivity contribution in [3.63, 3.8) is 0 Å². The quantitative estimate of drug-likeness (QED) is 0.444. The summed E-state index contributed by atoms with van der Waals surface area (Å²) in [6.45, 7) is 0. The molecule has 0 saturated carbocycles. The van der Waals surface area contributed by atoms with Crippen molar-refractivity contribution < 1.29 is 13.6 Å². The SMILES string of the molecule is O=C(N/N=C\c1ccc2ccccc2n1)c1cc(F)c(F)cc1Cl. The van der Waals surface area contributed by atoms with Crippen molar-refractivity contribution in [3.05, 3.63) is 76.4 Å². The normalized spacial score (nSPS) is 11.1. The highest BCUT2D eigenvalue weighted by Crippen LogP contribution is 2.19. The molecule has 120 valence electrons. The molecule has 1 N–H and O–H groups in total. The van der Waals surface area contributed by atoms with Gasteiger partial charge in [-0.15, -0.1) is 0 Å². The molecule has 0 spiro atoms. The highest BCUT2D eigenvalue weighted by atomic mass is 35.5. The Morgan fingerprint density at radius 1 is 1.12 bits per heavy atom. The van der Waals surface area contributed by atoms with Crippen molar-refractivity contribution in [2.75, 3.05) is 0 Å². The van der Waals surface area contributed by atoms with Gasteiger partial charge >= 0.3 is 0 Å². The van der Waals surface area contributed by atoms with Gasteiger partial charge in [-0.3, -0.25) is 4.79 Å². The first-order chi connectivity index (χ1) is 11.5. The number of hydrogen-bond acceptors (Lipinski definition) is 3. The number of fused-ring (bicyclic) bond motifs is 1. The van der Waals surface area contributed by atoms with Crippen molar-refractivity contribution in [1.82, 2.24) is 10.4 Å². The minimum atomic E-state index is -1.16. The topological polar surface area (TPSA) is 54.4 Å². The average molecular weight is 346 g/mol. The molecule has 0 saturated heterocycles. The zero-order valence-corrected chi connectivity index (χ0v) is 12.9. The molecule has 2 aromatic carbocycles. The van der Waals surface area contributed by atoms with Gasteiger partial charge in [-0.05, 0) is 24.3 Å². The third-order valence-electron chi connectivity index (χ3n) is 3.24. The molecule has 1 heterocycles. The van der Waals surface area contributed by atoms with Gasteiger partial charge in [0, 0.05) is 5.39 Å². The van der Waals surface area contributed by atoms with Gasteiger partial charge in [0.15, 0.2) is 11.6 Å². The number of carbonyl (C=O) groups excluding carboxylic acids is 1. The van der Waals surface area contributed by atoms with Gasteiger partial charge in [-0.2, -0.15) is 5.10 Å². The van der Waals surface area contributed by atoms with Crippen LogP contribution in [0.15, 0.2) is 53.6 Å². The fourth-order valence-electron chi connectivity index (χ4n) is 2.07. The van der Waals surface area contributed by atoms with E-state index in [1.807, 2.05) is 30.3 Å². The minimum Gasteiger partial charge on any atom is -0.267 e. The van der Waals surface area contributed by atoms with E-state index in [2.05, 4.69) is 15.5 Å². The number of pyridine rings is 1. The lowest BCUT2D eigenvalue weighted by atomic mass is 10.2. The van der Waals surface area contributed by atoms with Gasteiger partial charge in [0.05, 0.1) is 28.0 Å². The lowest BCUT2D eigenvalue weighted by Crippen LogP contribution is -2.18. The summed E-state index contributed by atoms with van der Waals surface area (Å²) in [5, 5.41) is 4.53. The van der Waals surface area contributed by atoms with Gasteiger partial charge in [0.25, 0.3) is 5.91 Å². The van der Waals surface area contributed by atoms with Crippen LogP contribution in [-0.2, 0) is 0 Å². The average Bonchev–Trinajstić information content (AvgIpc) is 2.58. The maximum Gasteiger partial charge on any atom is 0.272 e. The summed E-state index contributed by atoms with van der Waals surface area (Å²) in [6.07, 6.45) is 1.35. The van der Waals surface area contributed by atoms with E-state index in [1.54, 1.807) is 6.07 Å². The Bertz CT molecular complexity index is 960. The largest absolute Gasteiger partial charge is 0.272 e. The molecule has 0 aliphatic heterocycles. The summed E-state index contributed by atoms with van der Waals surface area (Å²) >= 11 is 5.73. The van der Waals surface area contributed by atoms with E-state index < -0.39 is 17.5 Å². The maximum absolute atomic E-state index is 13.2. The fraction of sp³-hybridized carbons (Fsp3) is 0. The van der Waals surface area contributed by atoms with Crippen LogP contribution in [0, 0.1) is 11.6 Å². The van der Waals surface area contributed by atoms with E-state index >= 15 is 0 Å². The van der Waals surface area contributed by atoms with E-state index in [1.165, 1.54) is 6.21 Å². The van der Waals surface area contributed by atoms with Gasteiger partial charge < -0.3 is 0 Å². The molecule has 1 amide bonds. The van der Waals surface area contributed by atoms with Crippen molar-refractivity contribution in [3.8, 4) is 0 Å². The molecule has 1 aromatic heterocycles. The molecule has 0 fully saturated rings. The number of nitrogens with one attached hydrogen (secondary N) is 1. The zero-order valence-electron chi connectivity index (χ0n) is 12.1. The minimum absolute atomic E-state index is 0.203. The predicted octanol–water partition coefficient (Wildman–Crippen LogP) is 3.93. The summed E-state index contributed by atoms with van der Waals surface area (Å²) in [7, 11) is 0. The van der Waals surface area contributed by atoms with Crippen LogP contribution in [0.2, 0.25) is 5.02 Å². The molecule has 0 radical (unpaired) electrons. The van der Waals surface area contributed by atoms with Crippen LogP contribution in [0.5, 0.6) is 0 Å². The van der Waals surface area contributed by atoms with Crippen LogP contribution in [0.25, 0.3) is 10.9 Å². The molecular formula is C17H10ClF2N3O. The smallest absolute Gasteiger partial charge is 0.267 e. The molecule has 0 aliphatic carbocycles. The van der Waals surface area contributed by atoms with Gasteiger partial charge in [0.1, 0.15) is 0 Å². The first-order valence-electron chi connectivity index (χ1n) is 6.88. The standard InChI is InChI=1S/C17H10ClF2N3O/c18-13-8-15(20)14(19)7-12(13)17(24)23-21-9-11-6-5-10-3-1-2-4-16(10)22-11/h1-9H,(H,23,24)/b21-9-. The summed E-state index contributed by atoms with van der Waals surface area (Å²) in [6, 6.07) is 12.6. The van der Waals surface area contributed by atoms with Crippen molar-refractivity contribution in [2.45, 2.75) is 0 Å². The predicted molar refractivity (Wildman–Crippen MR) is 88.2 cm³/mol. The van der Waals surface area contributed by atoms with Gasteiger partial charge in [0.2, 0.25) is 0 Å². The van der Waals surface area contributed by atoms with E-state index in [0.717, 1.165) is 23.0 Å². The van der Waals surface area contributed by atoms with E-state index in [0.29, 0.717) is 5.69 Å². The third kappa shape index (κ3) is 3.38. The lowest BCUT2D eigenvalue weighted by molar-refractivity contribution is 0.0954. The number of amides is 1. The number of aromatic nitrogens is 1. The van der Waals surface area contributed by atoms with E-state index in [9.17, 15) is 13.6 Å². The highest BCUT2D eigenvalue weighted by molar-refractivity contribution is 6.33. The maximum atomic E-state index is 13.2. The molecule has 0 bridgehead atoms. The molecule has 7 heteroatoms. The van der Waals surface area contributed by atoms with Crippen LogP contribution >= 0.6 is 11.6 Å². The monoisotopic (exact) mass is 345 g/mol. The molecule has 3 rings (SSSR count). The number of halogens is 3. The van der Waals surface area contributed by atoms with Crippen LogP contribution in [0.4, 0.5) is 8.78 Å². The molecule has 0 aliphatic rings. The van der Waals surface area contributed by atoms with E-state index in [4.69, 9.17) is 11.6 Å². The first-order valence-corrected chi connectivity index (χ1v) is 7.26. The lowest BCUT2D eigenvalue weighted by Gasteiger charge is -2.03. The second kappa shape index (κ2) is 6.72. The molecule has 0 atom stereocenters. The number of carbonyl (C=O) groups is 1. The number of hydrogen-bond donors (Lipinski definition) is 1. The Kier molecular flexibility index (Phi) is 4.48. The molecule has 3 aromatic rings. The van der Waals surface area contributed by atoms with E-state index in [-0.39, 0.29) is 10.6 Å². The van der Waals surface area contributed by atoms with Crippen LogP contribution in [-0.4, -0.2) is 17.1 Å². The van der Waals surface area contributed by atoms with Crippen molar-refractivity contribution >= 4 is 34.6 Å². The highest BCUT2D eigenvalue weighted by Gasteiger charge is 2.14. The second-order valence-corrected chi connectivity index (χ2v) is 5.28. The van der Waals surface area contributed by atoms with Crippen LogP contribution in [0.3, 0.4) is 0 Å². The Morgan fingerprint density at radius 2 is 1.88 bits per heavy atom. The van der Waals surface area contributed by atoms with Crippen LogP contribution in [0.1, 0.15) is 16.1 Å². The molecule has 0 unspecified atom stereocenters. The zero-order chi connectivity index (χ0) is 17.1. The first kappa shape index (κ1) is 16.0. The summed E-state index contributed by atoms with van der Waals surface area (Å²) in [4.78, 5) is 16.3. The Labute approximate surface area is 140 Å².